The van der Waals surface area contributed by atoms with E-state index >= 15 is 0 Å². The number of hydrogen-bond acceptors (Lipinski definition) is 3. The molecule has 0 saturated heterocycles. The molecule has 0 radical (unpaired) electrons. The number of rotatable bonds is 7. The maximum Gasteiger partial charge on any atom is 0.121 e. The van der Waals surface area contributed by atoms with Crippen molar-refractivity contribution in [2.24, 2.45) is 11.8 Å². The maximum absolute atomic E-state index is 9.84. The molecule has 0 saturated carbocycles. The highest BCUT2D eigenvalue weighted by molar-refractivity contribution is 5.18. The number of unbranched alkanes of at least 4 members (excludes halogenated alkanes) is 2. The van der Waals surface area contributed by atoms with Crippen LogP contribution in [0.3, 0.4) is 0 Å². The van der Waals surface area contributed by atoms with E-state index < -0.39 is 6.10 Å². The molecule has 3 heteroatoms. The van der Waals surface area contributed by atoms with E-state index in [1.54, 1.807) is 7.11 Å². The third-order valence-electron chi connectivity index (χ3n) is 3.65. The van der Waals surface area contributed by atoms with Crippen molar-refractivity contribution in [1.29, 1.82) is 0 Å². The van der Waals surface area contributed by atoms with E-state index in [4.69, 9.17) is 4.74 Å². The molecule has 1 aliphatic carbocycles. The SMILES string of the molecule is C=C(NCCCCC)C1C=C(OC)C(O)C[C@@H]1C. The maximum atomic E-state index is 9.84. The highest BCUT2D eigenvalue weighted by atomic mass is 16.5. The van der Waals surface area contributed by atoms with Crippen molar-refractivity contribution in [3.63, 3.8) is 0 Å². The Labute approximate surface area is 111 Å². The van der Waals surface area contributed by atoms with Crippen LogP contribution in [0.25, 0.3) is 0 Å². The van der Waals surface area contributed by atoms with Crippen molar-refractivity contribution in [3.05, 3.63) is 24.1 Å². The van der Waals surface area contributed by atoms with Gasteiger partial charge in [-0.15, -0.1) is 0 Å². The van der Waals surface area contributed by atoms with E-state index in [0.29, 0.717) is 11.7 Å². The van der Waals surface area contributed by atoms with Gasteiger partial charge in [-0.3, -0.25) is 0 Å². The molecule has 3 nitrogen and oxygen atoms in total. The van der Waals surface area contributed by atoms with E-state index in [0.717, 1.165) is 18.7 Å². The van der Waals surface area contributed by atoms with Gasteiger partial charge in [0.15, 0.2) is 0 Å². The van der Waals surface area contributed by atoms with Crippen LogP contribution in [0, 0.1) is 11.8 Å². The molecule has 1 aliphatic rings. The molecule has 0 spiro atoms. The van der Waals surface area contributed by atoms with Gasteiger partial charge in [0.2, 0.25) is 0 Å². The second-order valence-electron chi connectivity index (χ2n) is 5.19. The van der Waals surface area contributed by atoms with Crippen LogP contribution in [0.4, 0.5) is 0 Å². The summed E-state index contributed by atoms with van der Waals surface area (Å²) in [4.78, 5) is 0. The van der Waals surface area contributed by atoms with Crippen molar-refractivity contribution < 1.29 is 9.84 Å². The van der Waals surface area contributed by atoms with E-state index in [-0.39, 0.29) is 5.92 Å². The standard InChI is InChI=1S/C15H27NO2/c1-5-6-7-8-16-12(3)13-10-15(18-4)14(17)9-11(13)2/h10-11,13-14,16-17H,3,5-9H2,1-2,4H3/t11-,13?,14?/m0/s1. The lowest BCUT2D eigenvalue weighted by molar-refractivity contribution is 0.0888. The van der Waals surface area contributed by atoms with E-state index in [9.17, 15) is 5.11 Å². The molecule has 0 bridgehead atoms. The number of hydrogen-bond donors (Lipinski definition) is 2. The van der Waals surface area contributed by atoms with Gasteiger partial charge < -0.3 is 15.2 Å². The quantitative estimate of drug-likeness (QED) is 0.686. The van der Waals surface area contributed by atoms with Crippen LogP contribution >= 0.6 is 0 Å². The van der Waals surface area contributed by atoms with Gasteiger partial charge in [0.25, 0.3) is 0 Å². The highest BCUT2D eigenvalue weighted by Gasteiger charge is 2.29. The molecule has 1 rings (SSSR count). The van der Waals surface area contributed by atoms with Crippen LogP contribution in [-0.2, 0) is 4.74 Å². The minimum absolute atomic E-state index is 0.255. The van der Waals surface area contributed by atoms with E-state index in [2.05, 4.69) is 25.7 Å². The average Bonchev–Trinajstić information content (AvgIpc) is 2.34. The van der Waals surface area contributed by atoms with Crippen LogP contribution in [-0.4, -0.2) is 24.9 Å². The Bertz CT molecular complexity index is 299. The average molecular weight is 253 g/mol. The van der Waals surface area contributed by atoms with Crippen molar-refractivity contribution in [3.8, 4) is 0 Å². The summed E-state index contributed by atoms with van der Waals surface area (Å²) < 4.78 is 5.22. The largest absolute Gasteiger partial charge is 0.499 e. The number of nitrogens with one attached hydrogen (secondary N) is 1. The lowest BCUT2D eigenvalue weighted by Gasteiger charge is -2.31. The fraction of sp³-hybridized carbons (Fsp3) is 0.733. The van der Waals surface area contributed by atoms with Crippen molar-refractivity contribution in [1.82, 2.24) is 5.32 Å². The summed E-state index contributed by atoms with van der Waals surface area (Å²) in [5.41, 5.74) is 1.04. The summed E-state index contributed by atoms with van der Waals surface area (Å²) in [7, 11) is 1.61. The van der Waals surface area contributed by atoms with Crippen LogP contribution < -0.4 is 5.32 Å². The van der Waals surface area contributed by atoms with Crippen LogP contribution in [0.5, 0.6) is 0 Å². The molecular weight excluding hydrogens is 226 g/mol. The predicted molar refractivity (Wildman–Crippen MR) is 75.0 cm³/mol. The van der Waals surface area contributed by atoms with Crippen molar-refractivity contribution in [2.75, 3.05) is 13.7 Å². The first-order valence-corrected chi connectivity index (χ1v) is 6.96. The third-order valence-corrected chi connectivity index (χ3v) is 3.65. The van der Waals surface area contributed by atoms with Gasteiger partial charge in [-0.05, 0) is 24.8 Å². The first kappa shape index (κ1) is 15.1. The third kappa shape index (κ3) is 4.05. The van der Waals surface area contributed by atoms with Gasteiger partial charge in [0, 0.05) is 18.2 Å². The molecule has 2 N–H and O–H groups in total. The van der Waals surface area contributed by atoms with Crippen LogP contribution in [0.15, 0.2) is 24.1 Å². The number of ether oxygens (including phenoxy) is 1. The predicted octanol–water partition coefficient (Wildman–Crippen LogP) is 2.83. The molecule has 18 heavy (non-hydrogen) atoms. The van der Waals surface area contributed by atoms with Crippen molar-refractivity contribution >= 4 is 0 Å². The van der Waals surface area contributed by atoms with Gasteiger partial charge in [-0.25, -0.2) is 0 Å². The molecule has 0 aromatic rings. The second kappa shape index (κ2) is 7.47. The van der Waals surface area contributed by atoms with Gasteiger partial charge in [0.05, 0.1) is 7.11 Å². The Kier molecular flexibility index (Phi) is 6.27. The van der Waals surface area contributed by atoms with E-state index in [1.807, 2.05) is 6.08 Å². The Morgan fingerprint density at radius 1 is 1.56 bits per heavy atom. The zero-order valence-corrected chi connectivity index (χ0v) is 11.9. The number of aliphatic hydroxyl groups excluding tert-OH is 1. The first-order chi connectivity index (χ1) is 8.60. The van der Waals surface area contributed by atoms with Gasteiger partial charge in [0.1, 0.15) is 11.9 Å². The zero-order chi connectivity index (χ0) is 13.5. The van der Waals surface area contributed by atoms with Crippen LogP contribution in [0.2, 0.25) is 0 Å². The Hall–Kier alpha value is -0.960. The normalized spacial score (nSPS) is 27.6. The van der Waals surface area contributed by atoms with Crippen LogP contribution in [0.1, 0.15) is 39.5 Å². The minimum atomic E-state index is -0.464. The molecular formula is C15H27NO2. The monoisotopic (exact) mass is 253 g/mol. The fourth-order valence-electron chi connectivity index (χ4n) is 2.46. The summed E-state index contributed by atoms with van der Waals surface area (Å²) in [6.07, 6.45) is 5.94. The molecule has 0 aromatic heterocycles. The second-order valence-corrected chi connectivity index (χ2v) is 5.19. The molecule has 0 fully saturated rings. The first-order valence-electron chi connectivity index (χ1n) is 6.96. The van der Waals surface area contributed by atoms with E-state index in [1.165, 1.54) is 19.3 Å². The summed E-state index contributed by atoms with van der Waals surface area (Å²) in [6.45, 7) is 9.46. The summed E-state index contributed by atoms with van der Waals surface area (Å²) in [6, 6.07) is 0. The minimum Gasteiger partial charge on any atom is -0.499 e. The molecule has 0 heterocycles. The van der Waals surface area contributed by atoms with Gasteiger partial charge in [-0.2, -0.15) is 0 Å². The smallest absolute Gasteiger partial charge is 0.121 e. The summed E-state index contributed by atoms with van der Waals surface area (Å²) >= 11 is 0. The zero-order valence-electron chi connectivity index (χ0n) is 11.9. The van der Waals surface area contributed by atoms with Crippen molar-refractivity contribution in [2.45, 2.75) is 45.6 Å². The lowest BCUT2D eigenvalue weighted by Crippen LogP contribution is -2.31. The Morgan fingerprint density at radius 2 is 2.28 bits per heavy atom. The number of aliphatic hydroxyl groups is 1. The fourth-order valence-corrected chi connectivity index (χ4v) is 2.46. The molecule has 3 atom stereocenters. The number of allylic oxidation sites excluding steroid dienone is 1. The highest BCUT2D eigenvalue weighted by Crippen LogP contribution is 2.32. The molecule has 0 aromatic carbocycles. The summed E-state index contributed by atoms with van der Waals surface area (Å²) in [5.74, 6) is 1.32. The molecule has 2 unspecified atom stereocenters. The topological polar surface area (TPSA) is 41.5 Å². The molecule has 104 valence electrons. The number of methoxy groups -OCH3 is 1. The summed E-state index contributed by atoms with van der Waals surface area (Å²) in [5, 5.41) is 13.2. The molecule has 0 amide bonds. The Morgan fingerprint density at radius 3 is 2.89 bits per heavy atom. The Balaban J connectivity index is 2.52. The van der Waals surface area contributed by atoms with Gasteiger partial charge >= 0.3 is 0 Å². The molecule has 0 aliphatic heterocycles. The lowest BCUT2D eigenvalue weighted by atomic mass is 9.81. The van der Waals surface area contributed by atoms with Gasteiger partial charge in [-0.1, -0.05) is 33.3 Å².